The van der Waals surface area contributed by atoms with Gasteiger partial charge in [-0.2, -0.15) is 0 Å². The van der Waals surface area contributed by atoms with Crippen molar-refractivity contribution in [2.24, 2.45) is 17.6 Å². The van der Waals surface area contributed by atoms with Crippen LogP contribution in [0.2, 0.25) is 0 Å². The molecule has 0 radical (unpaired) electrons. The molecule has 0 aliphatic heterocycles. The summed E-state index contributed by atoms with van der Waals surface area (Å²) in [7, 11) is 0. The zero-order chi connectivity index (χ0) is 9.47. The Kier molecular flexibility index (Phi) is 2.06. The maximum absolute atomic E-state index is 11.5. The predicted molar refractivity (Wildman–Crippen MR) is 49.0 cm³/mol. The zero-order valence-electron chi connectivity index (χ0n) is 8.08. The molecule has 3 atom stereocenters. The number of rotatable bonds is 2. The van der Waals surface area contributed by atoms with E-state index in [-0.39, 0.29) is 17.4 Å². The van der Waals surface area contributed by atoms with E-state index in [4.69, 9.17) is 10.5 Å². The minimum absolute atomic E-state index is 0.0282. The quantitative estimate of drug-likeness (QED) is 0.651. The van der Waals surface area contributed by atoms with Crippen molar-refractivity contribution in [2.75, 3.05) is 6.61 Å². The molecule has 2 N–H and O–H groups in total. The van der Waals surface area contributed by atoms with Crippen LogP contribution in [0, 0.1) is 11.8 Å². The van der Waals surface area contributed by atoms with Gasteiger partial charge in [-0.1, -0.05) is 0 Å². The molecule has 3 nitrogen and oxygen atoms in total. The average Bonchev–Trinajstić information content (AvgIpc) is 2.59. The highest BCUT2D eigenvalue weighted by atomic mass is 16.5. The van der Waals surface area contributed by atoms with Gasteiger partial charge in [-0.3, -0.25) is 4.79 Å². The number of ether oxygens (including phenoxy) is 1. The predicted octanol–water partition coefficient (Wildman–Crippen LogP) is 1.07. The Morgan fingerprint density at radius 2 is 2.38 bits per heavy atom. The molecule has 74 valence electrons. The molecule has 2 fully saturated rings. The molecule has 2 saturated carbocycles. The summed E-state index contributed by atoms with van der Waals surface area (Å²) in [6, 6.07) is 0. The number of carbonyl (C=O) groups excluding carboxylic acids is 1. The SMILES string of the molecule is CCOC(=O)C1CC2(N)CCC1C2. The first kappa shape index (κ1) is 9.00. The van der Waals surface area contributed by atoms with Crippen LogP contribution in [0.15, 0.2) is 0 Å². The molecule has 0 aromatic carbocycles. The lowest BCUT2D eigenvalue weighted by molar-refractivity contribution is -0.149. The van der Waals surface area contributed by atoms with Crippen LogP contribution in [0.4, 0.5) is 0 Å². The largest absolute Gasteiger partial charge is 0.466 e. The van der Waals surface area contributed by atoms with Crippen molar-refractivity contribution in [3.63, 3.8) is 0 Å². The Labute approximate surface area is 78.6 Å². The van der Waals surface area contributed by atoms with Crippen LogP contribution >= 0.6 is 0 Å². The molecule has 0 aromatic heterocycles. The van der Waals surface area contributed by atoms with Gasteiger partial charge in [0.15, 0.2) is 0 Å². The van der Waals surface area contributed by atoms with E-state index < -0.39 is 0 Å². The standard InChI is InChI=1S/C10H17NO2/c1-2-13-9(12)8-6-10(11)4-3-7(8)5-10/h7-8H,2-6,11H2,1H3. The Morgan fingerprint density at radius 3 is 2.85 bits per heavy atom. The number of hydrogen-bond acceptors (Lipinski definition) is 3. The first-order chi connectivity index (χ1) is 6.14. The summed E-state index contributed by atoms with van der Waals surface area (Å²) >= 11 is 0. The molecule has 0 heterocycles. The molecule has 2 aliphatic carbocycles. The molecule has 2 aliphatic rings. The van der Waals surface area contributed by atoms with Crippen LogP contribution in [0.25, 0.3) is 0 Å². The van der Waals surface area contributed by atoms with Crippen molar-refractivity contribution in [2.45, 2.75) is 38.1 Å². The van der Waals surface area contributed by atoms with Gasteiger partial charge in [-0.25, -0.2) is 0 Å². The Bertz CT molecular complexity index is 229. The van der Waals surface area contributed by atoms with E-state index in [2.05, 4.69) is 0 Å². The van der Waals surface area contributed by atoms with Crippen LogP contribution in [-0.4, -0.2) is 18.1 Å². The van der Waals surface area contributed by atoms with Gasteiger partial charge in [0.2, 0.25) is 0 Å². The van der Waals surface area contributed by atoms with Crippen LogP contribution in [0.3, 0.4) is 0 Å². The third-order valence-corrected chi connectivity index (χ3v) is 3.47. The van der Waals surface area contributed by atoms with Gasteiger partial charge < -0.3 is 10.5 Å². The van der Waals surface area contributed by atoms with Crippen LogP contribution < -0.4 is 5.73 Å². The third kappa shape index (κ3) is 1.46. The minimum Gasteiger partial charge on any atom is -0.466 e. The second-order valence-corrected chi connectivity index (χ2v) is 4.43. The molecule has 3 unspecified atom stereocenters. The molecular weight excluding hydrogens is 166 g/mol. The minimum atomic E-state index is -0.0396. The Balaban J connectivity index is 2.00. The number of nitrogens with two attached hydrogens (primary N) is 1. The van der Waals surface area contributed by atoms with Crippen molar-refractivity contribution in [3.8, 4) is 0 Å². The van der Waals surface area contributed by atoms with Crippen molar-refractivity contribution in [3.05, 3.63) is 0 Å². The topological polar surface area (TPSA) is 52.3 Å². The summed E-state index contributed by atoms with van der Waals surface area (Å²) in [6.45, 7) is 2.34. The van der Waals surface area contributed by atoms with E-state index in [1.54, 1.807) is 0 Å². The third-order valence-electron chi connectivity index (χ3n) is 3.47. The molecule has 2 rings (SSSR count). The van der Waals surface area contributed by atoms with Crippen LogP contribution in [0.1, 0.15) is 32.6 Å². The molecular formula is C10H17NO2. The average molecular weight is 183 g/mol. The van der Waals surface area contributed by atoms with Gasteiger partial charge in [0, 0.05) is 5.54 Å². The lowest BCUT2D eigenvalue weighted by Gasteiger charge is -2.24. The summed E-state index contributed by atoms with van der Waals surface area (Å²) in [5, 5.41) is 0. The summed E-state index contributed by atoms with van der Waals surface area (Å²) in [6.07, 6.45) is 4.07. The fourth-order valence-electron chi connectivity index (χ4n) is 2.86. The number of hydrogen-bond donors (Lipinski definition) is 1. The maximum atomic E-state index is 11.5. The maximum Gasteiger partial charge on any atom is 0.309 e. The number of fused-ring (bicyclic) bond motifs is 2. The van der Waals surface area contributed by atoms with E-state index in [0.29, 0.717) is 12.5 Å². The summed E-state index contributed by atoms with van der Waals surface area (Å²) in [4.78, 5) is 11.5. The monoisotopic (exact) mass is 183 g/mol. The fourth-order valence-corrected chi connectivity index (χ4v) is 2.86. The number of carbonyl (C=O) groups is 1. The fraction of sp³-hybridized carbons (Fsp3) is 0.900. The highest BCUT2D eigenvalue weighted by molar-refractivity contribution is 5.73. The van der Waals surface area contributed by atoms with E-state index >= 15 is 0 Å². The van der Waals surface area contributed by atoms with E-state index in [9.17, 15) is 4.79 Å². The highest BCUT2D eigenvalue weighted by Gasteiger charge is 2.51. The van der Waals surface area contributed by atoms with Crippen LogP contribution in [0.5, 0.6) is 0 Å². The van der Waals surface area contributed by atoms with E-state index in [1.165, 1.54) is 0 Å². The lowest BCUT2D eigenvalue weighted by Crippen LogP contribution is -2.37. The normalized spacial score (nSPS) is 42.3. The molecule has 0 saturated heterocycles. The van der Waals surface area contributed by atoms with Crippen molar-refractivity contribution in [1.82, 2.24) is 0 Å². The van der Waals surface area contributed by atoms with Gasteiger partial charge in [-0.15, -0.1) is 0 Å². The Morgan fingerprint density at radius 1 is 1.62 bits per heavy atom. The lowest BCUT2D eigenvalue weighted by atomic mass is 9.86. The number of esters is 1. The summed E-state index contributed by atoms with van der Waals surface area (Å²) in [5.74, 6) is 0.572. The Hall–Kier alpha value is -0.570. The zero-order valence-corrected chi connectivity index (χ0v) is 8.08. The van der Waals surface area contributed by atoms with E-state index in [1.807, 2.05) is 6.92 Å². The first-order valence-corrected chi connectivity index (χ1v) is 5.10. The van der Waals surface area contributed by atoms with Gasteiger partial charge in [0.05, 0.1) is 12.5 Å². The second-order valence-electron chi connectivity index (χ2n) is 4.43. The molecule has 13 heavy (non-hydrogen) atoms. The molecule has 0 spiro atoms. The van der Waals surface area contributed by atoms with Crippen molar-refractivity contribution >= 4 is 5.97 Å². The van der Waals surface area contributed by atoms with Gasteiger partial charge in [0.1, 0.15) is 0 Å². The second kappa shape index (κ2) is 2.98. The molecule has 0 aromatic rings. The van der Waals surface area contributed by atoms with Gasteiger partial charge in [-0.05, 0) is 38.5 Å². The summed E-state index contributed by atoms with van der Waals surface area (Å²) < 4.78 is 5.03. The van der Waals surface area contributed by atoms with Gasteiger partial charge in [0.25, 0.3) is 0 Å². The first-order valence-electron chi connectivity index (χ1n) is 5.10. The smallest absolute Gasteiger partial charge is 0.309 e. The van der Waals surface area contributed by atoms with Crippen molar-refractivity contribution < 1.29 is 9.53 Å². The molecule has 3 heteroatoms. The highest BCUT2D eigenvalue weighted by Crippen LogP contribution is 2.50. The van der Waals surface area contributed by atoms with Crippen LogP contribution in [-0.2, 0) is 9.53 Å². The van der Waals surface area contributed by atoms with Crippen molar-refractivity contribution in [1.29, 1.82) is 0 Å². The molecule has 0 amide bonds. The van der Waals surface area contributed by atoms with Gasteiger partial charge >= 0.3 is 5.97 Å². The summed E-state index contributed by atoms with van der Waals surface area (Å²) in [5.41, 5.74) is 6.08. The molecule has 2 bridgehead atoms. The van der Waals surface area contributed by atoms with E-state index in [0.717, 1.165) is 25.7 Å².